The second-order valence-corrected chi connectivity index (χ2v) is 13.6. The van der Waals surface area contributed by atoms with Crippen molar-refractivity contribution in [3.05, 3.63) is 101 Å². The summed E-state index contributed by atoms with van der Waals surface area (Å²) in [6.45, 7) is 1.67. The first-order valence-corrected chi connectivity index (χ1v) is 15.8. The van der Waals surface area contributed by atoms with Gasteiger partial charge >= 0.3 is 4.87 Å². The van der Waals surface area contributed by atoms with Crippen LogP contribution in [-0.2, 0) is 14.4 Å². The molecule has 2 aliphatic heterocycles. The molecular formula is C29H21Br2N3O5S2. The minimum absolute atomic E-state index is 0.271. The molecule has 1 aromatic heterocycles. The standard InChI is InChI=1S/C29H21Br2N3O5S2/c1-14-3-2-4-17(11-14)32-21(35)13-39-20-10-7-16(31)12-19(20)22-23-25(40-26-24(22)41-29(38)33-26)28(37)34(27(23)36)18-8-5-15(30)6-9-18/h2-12,22-23,25H,13H2,1H3,(H,32,35)(H,33,38)/t22-,23-,25+/m0/s1. The number of aromatic nitrogens is 1. The van der Waals surface area contributed by atoms with Gasteiger partial charge in [-0.2, -0.15) is 0 Å². The number of halogens is 2. The van der Waals surface area contributed by atoms with Gasteiger partial charge < -0.3 is 15.0 Å². The molecule has 3 amide bonds. The monoisotopic (exact) mass is 713 g/mol. The lowest BCUT2D eigenvalue weighted by molar-refractivity contribution is -0.122. The number of anilines is 2. The number of hydrogen-bond acceptors (Lipinski definition) is 7. The Morgan fingerprint density at radius 3 is 2.51 bits per heavy atom. The first-order chi connectivity index (χ1) is 19.7. The van der Waals surface area contributed by atoms with E-state index in [1.165, 1.54) is 16.7 Å². The number of aryl methyl sites for hydroxylation is 1. The van der Waals surface area contributed by atoms with Crippen LogP contribution in [-0.4, -0.2) is 34.6 Å². The molecule has 8 nitrogen and oxygen atoms in total. The maximum atomic E-state index is 14.0. The second kappa shape index (κ2) is 11.2. The fraction of sp³-hybridized carbons (Fsp3) is 0.172. The number of thiazole rings is 1. The van der Waals surface area contributed by atoms with E-state index in [0.29, 0.717) is 32.6 Å². The molecule has 3 aromatic carbocycles. The molecule has 6 rings (SSSR count). The zero-order valence-electron chi connectivity index (χ0n) is 21.4. The fourth-order valence-electron chi connectivity index (χ4n) is 5.15. The maximum Gasteiger partial charge on any atom is 0.305 e. The number of nitrogens with zero attached hydrogens (tertiary/aromatic N) is 1. The van der Waals surface area contributed by atoms with Crippen molar-refractivity contribution in [1.29, 1.82) is 0 Å². The molecule has 0 unspecified atom stereocenters. The van der Waals surface area contributed by atoms with Crippen LogP contribution in [0.5, 0.6) is 5.75 Å². The number of aromatic amines is 1. The van der Waals surface area contributed by atoms with Crippen molar-refractivity contribution in [2.24, 2.45) is 5.92 Å². The Bertz CT molecular complexity index is 1750. The van der Waals surface area contributed by atoms with Gasteiger partial charge in [0.15, 0.2) is 6.61 Å². The van der Waals surface area contributed by atoms with E-state index in [1.807, 2.05) is 31.2 Å². The topological polar surface area (TPSA) is 109 Å². The Morgan fingerprint density at radius 2 is 1.76 bits per heavy atom. The molecule has 3 heterocycles. The molecule has 0 spiro atoms. The number of H-pyrrole nitrogens is 1. The fourth-order valence-corrected chi connectivity index (χ4v) is 8.30. The van der Waals surface area contributed by atoms with Crippen LogP contribution in [0.25, 0.3) is 0 Å². The minimum atomic E-state index is -0.784. The normalized spacial score (nSPS) is 19.6. The van der Waals surface area contributed by atoms with Crippen molar-refractivity contribution in [1.82, 2.24) is 4.98 Å². The number of imide groups is 1. The van der Waals surface area contributed by atoms with Gasteiger partial charge in [-0.25, -0.2) is 4.90 Å². The van der Waals surface area contributed by atoms with E-state index in [4.69, 9.17) is 4.74 Å². The SMILES string of the molecule is Cc1cccc(NC(=O)COc2ccc(Br)cc2[C@@H]2c3sc(=O)[nH]c3S[C@H]3C(=O)N(c4ccc(Br)cc4)C(=O)[C@@H]23)c1. The molecule has 2 N–H and O–H groups in total. The number of rotatable bonds is 6. The number of hydrogen-bond donors (Lipinski definition) is 2. The summed E-state index contributed by atoms with van der Waals surface area (Å²) in [5.74, 6) is -2.09. The van der Waals surface area contributed by atoms with Gasteiger partial charge in [0.25, 0.3) is 5.91 Å². The third kappa shape index (κ3) is 5.41. The van der Waals surface area contributed by atoms with Crippen molar-refractivity contribution < 1.29 is 19.1 Å². The molecule has 0 aliphatic carbocycles. The molecular weight excluding hydrogens is 694 g/mol. The summed E-state index contributed by atoms with van der Waals surface area (Å²) in [5.41, 5.74) is 2.75. The van der Waals surface area contributed by atoms with Crippen molar-refractivity contribution in [3.8, 4) is 5.75 Å². The molecule has 1 fully saturated rings. The van der Waals surface area contributed by atoms with E-state index in [2.05, 4.69) is 42.2 Å². The minimum Gasteiger partial charge on any atom is -0.483 e. The largest absolute Gasteiger partial charge is 0.483 e. The highest BCUT2D eigenvalue weighted by molar-refractivity contribution is 9.10. The summed E-state index contributed by atoms with van der Waals surface area (Å²) in [4.78, 5) is 57.4. The van der Waals surface area contributed by atoms with Gasteiger partial charge in [-0.3, -0.25) is 19.2 Å². The number of amides is 3. The van der Waals surface area contributed by atoms with Crippen LogP contribution >= 0.6 is 55.0 Å². The number of fused-ring (bicyclic) bond motifs is 2. The Kier molecular flexibility index (Phi) is 7.66. The van der Waals surface area contributed by atoms with Crippen LogP contribution in [0.1, 0.15) is 21.9 Å². The van der Waals surface area contributed by atoms with Crippen LogP contribution < -0.4 is 19.8 Å². The van der Waals surface area contributed by atoms with Gasteiger partial charge in [0.2, 0.25) is 11.8 Å². The average Bonchev–Trinajstić information content (AvgIpc) is 3.42. The van der Waals surface area contributed by atoms with Gasteiger partial charge in [0.1, 0.15) is 11.0 Å². The van der Waals surface area contributed by atoms with Gasteiger partial charge in [-0.1, -0.05) is 67.1 Å². The quantitative estimate of drug-likeness (QED) is 0.235. The van der Waals surface area contributed by atoms with E-state index in [-0.39, 0.29) is 29.2 Å². The lowest BCUT2D eigenvalue weighted by Crippen LogP contribution is -2.32. The Balaban J connectivity index is 1.36. The Hall–Kier alpha value is -3.19. The van der Waals surface area contributed by atoms with Gasteiger partial charge in [0, 0.05) is 31.0 Å². The molecule has 41 heavy (non-hydrogen) atoms. The van der Waals surface area contributed by atoms with Crippen LogP contribution in [0.3, 0.4) is 0 Å². The third-order valence-electron chi connectivity index (χ3n) is 6.88. The highest BCUT2D eigenvalue weighted by Gasteiger charge is 2.56. The van der Waals surface area contributed by atoms with Crippen molar-refractivity contribution >= 4 is 84.1 Å². The predicted molar refractivity (Wildman–Crippen MR) is 166 cm³/mol. The highest BCUT2D eigenvalue weighted by Crippen LogP contribution is 2.54. The third-order valence-corrected chi connectivity index (χ3v) is 10.3. The molecule has 0 bridgehead atoms. The first-order valence-electron chi connectivity index (χ1n) is 12.5. The van der Waals surface area contributed by atoms with Crippen LogP contribution in [0, 0.1) is 12.8 Å². The molecule has 0 radical (unpaired) electrons. The number of nitrogens with one attached hydrogen (secondary N) is 2. The lowest BCUT2D eigenvalue weighted by atomic mass is 9.82. The summed E-state index contributed by atoms with van der Waals surface area (Å²) < 4.78 is 7.58. The Morgan fingerprint density at radius 1 is 1.00 bits per heavy atom. The zero-order chi connectivity index (χ0) is 28.8. The average molecular weight is 715 g/mol. The van der Waals surface area contributed by atoms with Gasteiger partial charge in [-0.05, 0) is 67.1 Å². The molecule has 0 saturated carbocycles. The molecule has 4 aromatic rings. The van der Waals surface area contributed by atoms with E-state index in [0.717, 1.165) is 25.8 Å². The number of benzene rings is 3. The molecule has 208 valence electrons. The zero-order valence-corrected chi connectivity index (χ0v) is 26.2. The predicted octanol–water partition coefficient (Wildman–Crippen LogP) is 6.08. The van der Waals surface area contributed by atoms with Crippen LogP contribution in [0.4, 0.5) is 11.4 Å². The molecule has 3 atom stereocenters. The number of ether oxygens (including phenoxy) is 1. The number of thioether (sulfide) groups is 1. The molecule has 2 aliphatic rings. The van der Waals surface area contributed by atoms with E-state index < -0.39 is 17.1 Å². The highest BCUT2D eigenvalue weighted by atomic mass is 79.9. The van der Waals surface area contributed by atoms with Crippen molar-refractivity contribution in [2.75, 3.05) is 16.8 Å². The lowest BCUT2D eigenvalue weighted by Gasteiger charge is -2.31. The van der Waals surface area contributed by atoms with Gasteiger partial charge in [-0.15, -0.1) is 0 Å². The summed E-state index contributed by atoms with van der Waals surface area (Å²) >= 11 is 9.14. The Labute approximate surface area is 259 Å². The summed E-state index contributed by atoms with van der Waals surface area (Å²) in [6.07, 6.45) is 0. The van der Waals surface area contributed by atoms with E-state index >= 15 is 0 Å². The van der Waals surface area contributed by atoms with Crippen molar-refractivity contribution in [3.63, 3.8) is 0 Å². The number of carbonyl (C=O) groups is 3. The second-order valence-electron chi connectivity index (χ2n) is 9.63. The van der Waals surface area contributed by atoms with Gasteiger partial charge in [0.05, 0.1) is 16.6 Å². The molecule has 1 saturated heterocycles. The summed E-state index contributed by atoms with van der Waals surface area (Å²) in [7, 11) is 0. The van der Waals surface area contributed by atoms with Crippen molar-refractivity contribution in [2.45, 2.75) is 23.1 Å². The molecule has 12 heteroatoms. The van der Waals surface area contributed by atoms with Crippen LogP contribution in [0.2, 0.25) is 0 Å². The van der Waals surface area contributed by atoms with E-state index in [9.17, 15) is 19.2 Å². The summed E-state index contributed by atoms with van der Waals surface area (Å²) in [6, 6.07) is 19.8. The van der Waals surface area contributed by atoms with E-state index in [1.54, 1.807) is 42.5 Å². The van der Waals surface area contributed by atoms with Crippen LogP contribution in [0.15, 0.2) is 85.5 Å². The summed E-state index contributed by atoms with van der Waals surface area (Å²) in [5, 5.41) is 2.65. The first kappa shape index (κ1) is 28.0. The smallest absolute Gasteiger partial charge is 0.305 e. The maximum absolute atomic E-state index is 14.0. The number of carbonyl (C=O) groups excluding carboxylic acids is 3.